The summed E-state index contributed by atoms with van der Waals surface area (Å²) in [5, 5.41) is 10.7. The number of thiazole rings is 1. The van der Waals surface area contributed by atoms with Gasteiger partial charge in [-0.15, -0.1) is 0 Å². The molecule has 266 valence electrons. The molecule has 0 aliphatic carbocycles. The Labute approximate surface area is 293 Å². The summed E-state index contributed by atoms with van der Waals surface area (Å²) in [5.41, 5.74) is 3.11. The van der Waals surface area contributed by atoms with E-state index in [9.17, 15) is 14.7 Å². The van der Waals surface area contributed by atoms with Crippen molar-refractivity contribution in [1.82, 2.24) is 9.55 Å². The van der Waals surface area contributed by atoms with Gasteiger partial charge in [0.05, 0.1) is 18.1 Å². The van der Waals surface area contributed by atoms with Gasteiger partial charge in [0.1, 0.15) is 5.75 Å². The molecule has 0 aliphatic heterocycles. The molecule has 0 fully saturated rings. The smallest absolute Gasteiger partial charge is 0.424 e. The highest BCUT2D eigenvalue weighted by Gasteiger charge is 2.21. The van der Waals surface area contributed by atoms with Crippen molar-refractivity contribution in [1.29, 1.82) is 0 Å². The summed E-state index contributed by atoms with van der Waals surface area (Å²) in [5.74, 6) is 0.400. The molecule has 0 amide bonds. The molecule has 2 aromatic heterocycles. The first-order chi connectivity index (χ1) is 23.5. The van der Waals surface area contributed by atoms with E-state index in [0.29, 0.717) is 17.9 Å². The number of carbonyl (C=O) groups is 1. The Morgan fingerprint density at radius 2 is 1.27 bits per heavy atom. The lowest BCUT2D eigenvalue weighted by Crippen LogP contribution is -2.23. The van der Waals surface area contributed by atoms with Crippen molar-refractivity contribution in [3.05, 3.63) is 74.0 Å². The van der Waals surface area contributed by atoms with Gasteiger partial charge in [-0.05, 0) is 42.2 Å². The molecule has 0 saturated heterocycles. The summed E-state index contributed by atoms with van der Waals surface area (Å²) in [6, 6.07) is 11.7. The molecule has 1 aromatic carbocycles. The fourth-order valence-electron chi connectivity index (χ4n) is 5.89. The van der Waals surface area contributed by atoms with Gasteiger partial charge in [0.25, 0.3) is 0 Å². The summed E-state index contributed by atoms with van der Waals surface area (Å²) in [6.45, 7) is 5.15. The lowest BCUT2D eigenvalue weighted by Gasteiger charge is -2.08. The quantitative estimate of drug-likeness (QED) is 0.0849. The van der Waals surface area contributed by atoms with Crippen LogP contribution >= 0.6 is 11.3 Å². The van der Waals surface area contributed by atoms with E-state index in [2.05, 4.69) is 24.9 Å². The zero-order valence-electron chi connectivity index (χ0n) is 29.7. The van der Waals surface area contributed by atoms with Crippen molar-refractivity contribution < 1.29 is 19.4 Å². The van der Waals surface area contributed by atoms with E-state index >= 15 is 0 Å². The van der Waals surface area contributed by atoms with Gasteiger partial charge in [-0.2, -0.15) is 4.57 Å². The number of rotatable bonds is 26. The summed E-state index contributed by atoms with van der Waals surface area (Å²) in [4.78, 5) is 29.5. The molecule has 8 heteroatoms. The average Bonchev–Trinajstić information content (AvgIpc) is 3.38. The van der Waals surface area contributed by atoms with E-state index in [1.807, 2.05) is 36.5 Å². The molecule has 0 spiro atoms. The van der Waals surface area contributed by atoms with Crippen LogP contribution in [0.2, 0.25) is 0 Å². The molecule has 2 heterocycles. The first-order valence-electron chi connectivity index (χ1n) is 18.8. The number of hydrogen-bond acceptors (Lipinski definition) is 7. The van der Waals surface area contributed by atoms with Crippen molar-refractivity contribution in [2.45, 2.75) is 149 Å². The van der Waals surface area contributed by atoms with Crippen molar-refractivity contribution in [2.75, 3.05) is 13.2 Å². The molecule has 3 rings (SSSR count). The minimum absolute atomic E-state index is 0.246. The number of nitrogens with zero attached hydrogens (tertiary/aromatic N) is 2. The van der Waals surface area contributed by atoms with Crippen molar-refractivity contribution >= 4 is 17.4 Å². The van der Waals surface area contributed by atoms with Crippen LogP contribution in [0, 0.1) is 0 Å². The number of unbranched alkanes of at least 4 members (excludes halogenated alkanes) is 17. The third kappa shape index (κ3) is 15.4. The van der Waals surface area contributed by atoms with Gasteiger partial charge in [-0.25, -0.2) is 4.79 Å². The lowest BCUT2D eigenvalue weighted by atomic mass is 10.0. The SMILES string of the molecule is CCCCCCCCCCCCCCCCCCCCOC(=O)n1c(O)c(Cc2ccc(OCCc3ccc(CC)cn3)cc2)sc1=O. The average molecular weight is 681 g/mol. The Bertz CT molecular complexity index is 1330. The maximum Gasteiger partial charge on any atom is 0.424 e. The predicted octanol–water partition coefficient (Wildman–Crippen LogP) is 10.8. The number of hydrogen-bond donors (Lipinski definition) is 1. The van der Waals surface area contributed by atoms with E-state index in [-0.39, 0.29) is 12.5 Å². The number of carbonyl (C=O) groups excluding carboxylic acids is 1. The minimum Gasteiger partial charge on any atom is -0.493 e. The summed E-state index contributed by atoms with van der Waals surface area (Å²) in [6.07, 6.45) is 26.4. The number of aromatic hydroxyl groups is 1. The van der Waals surface area contributed by atoms with E-state index in [1.165, 1.54) is 102 Å². The highest BCUT2D eigenvalue weighted by molar-refractivity contribution is 7.09. The number of aryl methyl sites for hydroxylation is 1. The molecular weight excluding hydrogens is 621 g/mol. The van der Waals surface area contributed by atoms with Gasteiger partial charge in [0.2, 0.25) is 5.88 Å². The van der Waals surface area contributed by atoms with E-state index in [1.54, 1.807) is 0 Å². The molecule has 0 atom stereocenters. The van der Waals surface area contributed by atoms with Gasteiger partial charge in [-0.1, -0.05) is 153 Å². The zero-order valence-corrected chi connectivity index (χ0v) is 30.5. The normalized spacial score (nSPS) is 11.2. The van der Waals surface area contributed by atoms with E-state index in [4.69, 9.17) is 9.47 Å². The summed E-state index contributed by atoms with van der Waals surface area (Å²) >= 11 is 0.867. The van der Waals surface area contributed by atoms with Gasteiger partial charge in [0.15, 0.2) is 0 Å². The van der Waals surface area contributed by atoms with Gasteiger partial charge in [0, 0.05) is 24.7 Å². The predicted molar refractivity (Wildman–Crippen MR) is 198 cm³/mol. The molecule has 0 radical (unpaired) electrons. The Morgan fingerprint density at radius 3 is 1.79 bits per heavy atom. The molecule has 0 bridgehead atoms. The van der Waals surface area contributed by atoms with E-state index in [0.717, 1.165) is 65.0 Å². The standard InChI is InChI=1S/C40H60N2O5S/c1-3-5-6-7-8-9-10-11-12-13-14-15-16-17-18-19-20-21-29-47-39(44)42-38(43)37(48-40(42)45)31-34-23-26-36(27-24-34)46-30-28-35-25-22-33(4-2)32-41-35/h22-27,32,43H,3-21,28-31H2,1-2H3. The van der Waals surface area contributed by atoms with Crippen LogP contribution in [0.25, 0.3) is 0 Å². The fourth-order valence-corrected chi connectivity index (χ4v) is 6.77. The second kappa shape index (κ2) is 24.1. The molecule has 0 saturated carbocycles. The third-order valence-corrected chi connectivity index (χ3v) is 9.90. The van der Waals surface area contributed by atoms with Crippen LogP contribution in [0.4, 0.5) is 4.79 Å². The fraction of sp³-hybridized carbons (Fsp3) is 0.625. The minimum atomic E-state index is -0.811. The second-order valence-electron chi connectivity index (χ2n) is 13.0. The van der Waals surface area contributed by atoms with Crippen LogP contribution in [0.15, 0.2) is 47.4 Å². The van der Waals surface area contributed by atoms with Crippen LogP contribution < -0.4 is 9.61 Å². The van der Waals surface area contributed by atoms with Crippen molar-refractivity contribution in [3.8, 4) is 11.6 Å². The van der Waals surface area contributed by atoms with Gasteiger partial charge in [-0.3, -0.25) is 9.78 Å². The van der Waals surface area contributed by atoms with Crippen molar-refractivity contribution in [2.24, 2.45) is 0 Å². The Balaban J connectivity index is 1.22. The van der Waals surface area contributed by atoms with Crippen LogP contribution in [0.5, 0.6) is 11.6 Å². The van der Waals surface area contributed by atoms with Crippen molar-refractivity contribution in [3.63, 3.8) is 0 Å². The zero-order chi connectivity index (χ0) is 34.2. The molecule has 0 aliphatic rings. The maximum atomic E-state index is 12.6. The molecular formula is C40H60N2O5S. The van der Waals surface area contributed by atoms with Gasteiger partial charge >= 0.3 is 11.0 Å². The molecule has 3 aromatic rings. The second-order valence-corrected chi connectivity index (χ2v) is 14.1. The summed E-state index contributed by atoms with van der Waals surface area (Å²) < 4.78 is 11.9. The molecule has 1 N–H and O–H groups in total. The number of benzene rings is 1. The van der Waals surface area contributed by atoms with E-state index < -0.39 is 11.0 Å². The first kappa shape index (κ1) is 39.3. The van der Waals surface area contributed by atoms with Gasteiger partial charge < -0.3 is 14.6 Å². The monoisotopic (exact) mass is 680 g/mol. The Morgan fingerprint density at radius 1 is 0.729 bits per heavy atom. The number of ether oxygens (including phenoxy) is 2. The lowest BCUT2D eigenvalue weighted by molar-refractivity contribution is 0.142. The third-order valence-electron chi connectivity index (χ3n) is 8.97. The van der Waals surface area contributed by atoms with Crippen LogP contribution in [0.1, 0.15) is 151 Å². The highest BCUT2D eigenvalue weighted by Crippen LogP contribution is 2.25. The van der Waals surface area contributed by atoms with Crippen LogP contribution in [-0.2, 0) is 24.0 Å². The summed E-state index contributed by atoms with van der Waals surface area (Å²) in [7, 11) is 0. The number of aromatic nitrogens is 2. The molecule has 0 unspecified atom stereocenters. The molecule has 7 nitrogen and oxygen atoms in total. The largest absolute Gasteiger partial charge is 0.493 e. The van der Waals surface area contributed by atoms with Crippen LogP contribution in [-0.4, -0.2) is 34.0 Å². The molecule has 48 heavy (non-hydrogen) atoms. The first-order valence-corrected chi connectivity index (χ1v) is 19.6. The maximum absolute atomic E-state index is 12.6. The Hall–Kier alpha value is -3.13. The van der Waals surface area contributed by atoms with Crippen LogP contribution in [0.3, 0.4) is 0 Å². The highest BCUT2D eigenvalue weighted by atomic mass is 32.1. The topological polar surface area (TPSA) is 90.7 Å². The Kier molecular flexibility index (Phi) is 19.7. The number of pyridine rings is 1.